The molecule has 4 aromatic rings. The minimum Gasteiger partial charge on any atom is -0.496 e. The summed E-state index contributed by atoms with van der Waals surface area (Å²) < 4.78 is 13.5. The Bertz CT molecular complexity index is 1520. The average molecular weight is 479 g/mol. The van der Waals surface area contributed by atoms with Crippen LogP contribution in [0.4, 0.5) is 0 Å². The third-order valence-corrected chi connectivity index (χ3v) is 8.53. The van der Waals surface area contributed by atoms with E-state index in [-0.39, 0.29) is 11.6 Å². The number of methoxy groups -OCH3 is 2. The van der Waals surface area contributed by atoms with Crippen molar-refractivity contribution in [3.63, 3.8) is 0 Å². The molecule has 0 amide bonds. The van der Waals surface area contributed by atoms with E-state index in [4.69, 9.17) is 9.47 Å². The predicted molar refractivity (Wildman–Crippen MR) is 133 cm³/mol. The fourth-order valence-electron chi connectivity index (χ4n) is 5.80. The maximum absolute atomic E-state index is 13.3. The summed E-state index contributed by atoms with van der Waals surface area (Å²) in [6.07, 6.45) is 2.84. The number of aromatic nitrogens is 3. The zero-order valence-corrected chi connectivity index (χ0v) is 19.9. The lowest BCUT2D eigenvalue weighted by Crippen LogP contribution is -2.37. The molecule has 1 unspecified atom stereocenters. The highest BCUT2D eigenvalue weighted by Crippen LogP contribution is 2.45. The van der Waals surface area contributed by atoms with Crippen LogP contribution in [0.2, 0.25) is 0 Å². The van der Waals surface area contributed by atoms with Crippen molar-refractivity contribution in [3.05, 3.63) is 62.3 Å². The van der Waals surface area contributed by atoms with Crippen molar-refractivity contribution >= 4 is 31.8 Å². The molecule has 34 heavy (non-hydrogen) atoms. The fourth-order valence-corrected chi connectivity index (χ4v) is 6.85. The SMILES string of the molecule is COc1ccc2sc3c(=O)n(CCC4NC[C@@H]5CCc6c(OC)cccc6[C@H]45)c(=O)[nH]c3c2n1. The molecular formula is C25H26N4O4S. The van der Waals surface area contributed by atoms with Gasteiger partial charge in [-0.3, -0.25) is 9.36 Å². The molecular weight excluding hydrogens is 452 g/mol. The van der Waals surface area contributed by atoms with E-state index in [1.54, 1.807) is 20.3 Å². The third-order valence-electron chi connectivity index (χ3n) is 7.39. The van der Waals surface area contributed by atoms with Crippen LogP contribution in [0, 0.1) is 5.92 Å². The zero-order chi connectivity index (χ0) is 23.4. The van der Waals surface area contributed by atoms with Gasteiger partial charge in [-0.25, -0.2) is 9.78 Å². The van der Waals surface area contributed by atoms with Crippen LogP contribution in [0.3, 0.4) is 0 Å². The maximum atomic E-state index is 13.3. The minimum atomic E-state index is -0.401. The van der Waals surface area contributed by atoms with Gasteiger partial charge in [0.05, 0.1) is 24.4 Å². The molecule has 9 heteroatoms. The van der Waals surface area contributed by atoms with Crippen LogP contribution in [-0.4, -0.2) is 41.3 Å². The highest BCUT2D eigenvalue weighted by Gasteiger charge is 2.40. The lowest BCUT2D eigenvalue weighted by Gasteiger charge is -2.32. The number of fused-ring (bicyclic) bond motifs is 6. The first-order valence-electron chi connectivity index (χ1n) is 11.6. The topological polar surface area (TPSA) is 98.2 Å². The highest BCUT2D eigenvalue weighted by molar-refractivity contribution is 7.25. The average Bonchev–Trinajstić information content (AvgIpc) is 3.44. The molecule has 6 rings (SSSR count). The van der Waals surface area contributed by atoms with E-state index >= 15 is 0 Å². The Morgan fingerprint density at radius 2 is 2.06 bits per heavy atom. The van der Waals surface area contributed by atoms with E-state index in [0.29, 0.717) is 46.4 Å². The summed E-state index contributed by atoms with van der Waals surface area (Å²) >= 11 is 1.35. The summed E-state index contributed by atoms with van der Waals surface area (Å²) in [5, 5.41) is 3.67. The second-order valence-electron chi connectivity index (χ2n) is 9.05. The van der Waals surface area contributed by atoms with Gasteiger partial charge in [0.1, 0.15) is 16.0 Å². The van der Waals surface area contributed by atoms with Crippen LogP contribution in [0.25, 0.3) is 20.4 Å². The van der Waals surface area contributed by atoms with Crippen LogP contribution in [0.5, 0.6) is 11.6 Å². The summed E-state index contributed by atoms with van der Waals surface area (Å²) in [6, 6.07) is 10.1. The van der Waals surface area contributed by atoms with Gasteiger partial charge in [0.2, 0.25) is 5.88 Å². The second kappa shape index (κ2) is 8.25. The molecule has 0 saturated carbocycles. The van der Waals surface area contributed by atoms with Gasteiger partial charge in [0.25, 0.3) is 5.56 Å². The van der Waals surface area contributed by atoms with Crippen molar-refractivity contribution in [2.75, 3.05) is 20.8 Å². The number of ether oxygens (including phenoxy) is 2. The number of hydrogen-bond acceptors (Lipinski definition) is 7. The normalized spacial score (nSPS) is 21.5. The molecule has 0 bridgehead atoms. The number of rotatable bonds is 5. The number of thiophene rings is 1. The summed E-state index contributed by atoms with van der Waals surface area (Å²) in [6.45, 7) is 1.31. The Morgan fingerprint density at radius 1 is 1.18 bits per heavy atom. The van der Waals surface area contributed by atoms with Crippen molar-refractivity contribution in [2.24, 2.45) is 5.92 Å². The first-order valence-corrected chi connectivity index (χ1v) is 12.4. The summed E-state index contributed by atoms with van der Waals surface area (Å²) in [4.78, 5) is 33.6. The smallest absolute Gasteiger partial charge is 0.328 e. The van der Waals surface area contributed by atoms with Crippen molar-refractivity contribution in [2.45, 2.75) is 37.8 Å². The number of H-pyrrole nitrogens is 1. The summed E-state index contributed by atoms with van der Waals surface area (Å²) in [7, 11) is 3.27. The largest absolute Gasteiger partial charge is 0.496 e. The third kappa shape index (κ3) is 3.25. The Morgan fingerprint density at radius 3 is 2.88 bits per heavy atom. The van der Waals surface area contributed by atoms with Crippen LogP contribution >= 0.6 is 11.3 Å². The summed E-state index contributed by atoms with van der Waals surface area (Å²) in [5.41, 5.74) is 3.05. The molecule has 2 aliphatic rings. The Balaban J connectivity index is 1.33. The molecule has 3 aromatic heterocycles. The van der Waals surface area contributed by atoms with Gasteiger partial charge >= 0.3 is 5.69 Å². The van der Waals surface area contributed by atoms with E-state index in [1.165, 1.54) is 27.0 Å². The maximum Gasteiger partial charge on any atom is 0.328 e. The minimum absolute atomic E-state index is 0.200. The molecule has 1 fully saturated rings. The molecule has 176 valence electrons. The number of benzene rings is 1. The summed E-state index contributed by atoms with van der Waals surface area (Å²) in [5.74, 6) is 2.32. The number of pyridine rings is 1. The molecule has 8 nitrogen and oxygen atoms in total. The van der Waals surface area contributed by atoms with Crippen LogP contribution in [0.15, 0.2) is 39.9 Å². The Kier molecular flexibility index (Phi) is 5.18. The molecule has 1 aromatic carbocycles. The van der Waals surface area contributed by atoms with Crippen LogP contribution in [0.1, 0.15) is 29.9 Å². The first-order chi connectivity index (χ1) is 16.6. The van der Waals surface area contributed by atoms with Crippen molar-refractivity contribution in [3.8, 4) is 11.6 Å². The second-order valence-corrected chi connectivity index (χ2v) is 10.1. The molecule has 3 atom stereocenters. The van der Waals surface area contributed by atoms with Gasteiger partial charge in [-0.1, -0.05) is 12.1 Å². The molecule has 1 aliphatic carbocycles. The number of nitrogens with zero attached hydrogens (tertiary/aromatic N) is 2. The number of nitrogens with one attached hydrogen (secondary N) is 2. The van der Waals surface area contributed by atoms with Crippen LogP contribution in [-0.2, 0) is 13.0 Å². The van der Waals surface area contributed by atoms with Gasteiger partial charge in [-0.15, -0.1) is 11.3 Å². The number of hydrogen-bond donors (Lipinski definition) is 2. The van der Waals surface area contributed by atoms with E-state index < -0.39 is 5.69 Å². The van der Waals surface area contributed by atoms with Gasteiger partial charge in [0.15, 0.2) is 0 Å². The van der Waals surface area contributed by atoms with Gasteiger partial charge in [-0.2, -0.15) is 0 Å². The molecule has 1 aliphatic heterocycles. The predicted octanol–water partition coefficient (Wildman–Crippen LogP) is 3.02. The van der Waals surface area contributed by atoms with Gasteiger partial charge in [0, 0.05) is 24.6 Å². The van der Waals surface area contributed by atoms with Gasteiger partial charge < -0.3 is 19.8 Å². The number of aromatic amines is 1. The van der Waals surface area contributed by atoms with E-state index in [0.717, 1.165) is 29.8 Å². The van der Waals surface area contributed by atoms with Gasteiger partial charge in [-0.05, 0) is 55.0 Å². The van der Waals surface area contributed by atoms with E-state index in [2.05, 4.69) is 27.4 Å². The molecule has 1 saturated heterocycles. The lowest BCUT2D eigenvalue weighted by molar-refractivity contribution is 0.371. The molecule has 0 radical (unpaired) electrons. The van der Waals surface area contributed by atoms with Crippen LogP contribution < -0.4 is 26.0 Å². The van der Waals surface area contributed by atoms with E-state index in [9.17, 15) is 9.59 Å². The Hall–Kier alpha value is -3.17. The lowest BCUT2D eigenvalue weighted by atomic mass is 9.73. The molecule has 2 N–H and O–H groups in total. The first kappa shape index (κ1) is 21.4. The Labute approximate surface area is 199 Å². The van der Waals surface area contributed by atoms with Crippen molar-refractivity contribution in [1.29, 1.82) is 0 Å². The van der Waals surface area contributed by atoms with E-state index in [1.807, 2.05) is 12.1 Å². The standard InChI is InChI=1S/C25H26N4O4S/c1-32-17-5-3-4-15-14(17)7-6-13-12-26-16(20(13)15)10-11-29-24(30)23-22(28-25(29)31)21-18(34-23)8-9-19(27-21)33-2/h3-5,8-9,13,16,20,26H,6-7,10-12H2,1-2H3,(H,28,31)/t13-,16?,20+/m0/s1. The van der Waals surface area contributed by atoms with Crippen molar-refractivity contribution in [1.82, 2.24) is 19.9 Å². The monoisotopic (exact) mass is 478 g/mol. The zero-order valence-electron chi connectivity index (χ0n) is 19.1. The molecule has 4 heterocycles. The molecule has 0 spiro atoms. The quantitative estimate of drug-likeness (QED) is 0.458. The van der Waals surface area contributed by atoms with Crippen molar-refractivity contribution < 1.29 is 9.47 Å². The fraction of sp³-hybridized carbons (Fsp3) is 0.400. The highest BCUT2D eigenvalue weighted by atomic mass is 32.1.